The lowest BCUT2D eigenvalue weighted by molar-refractivity contribution is -0.0898. The molecular formula is C11H23BN2O2. The third kappa shape index (κ3) is 3.98. The van der Waals surface area contributed by atoms with Crippen molar-refractivity contribution in [3.63, 3.8) is 0 Å². The van der Waals surface area contributed by atoms with Crippen LogP contribution in [0.4, 0.5) is 0 Å². The first-order valence-corrected chi connectivity index (χ1v) is 5.40. The first-order chi connectivity index (χ1) is 7.15. The van der Waals surface area contributed by atoms with E-state index in [1.807, 2.05) is 20.8 Å². The number of nitrogens with one attached hydrogen (secondary N) is 2. The predicted octanol–water partition coefficient (Wildman–Crippen LogP) is 1.00. The van der Waals surface area contributed by atoms with Crippen molar-refractivity contribution in [2.45, 2.75) is 45.8 Å². The lowest BCUT2D eigenvalue weighted by Gasteiger charge is -2.37. The molecule has 0 bridgehead atoms. The molecule has 0 atom stereocenters. The largest absolute Gasteiger partial charge is 0.425 e. The minimum absolute atomic E-state index is 0.356. The monoisotopic (exact) mass is 226 g/mol. The Morgan fingerprint density at radius 1 is 1.38 bits per heavy atom. The molecule has 16 heavy (non-hydrogen) atoms. The van der Waals surface area contributed by atoms with Gasteiger partial charge < -0.3 is 20.5 Å². The Morgan fingerprint density at radius 2 is 1.88 bits per heavy atom. The fourth-order valence-electron chi connectivity index (χ4n) is 0.899. The van der Waals surface area contributed by atoms with Crippen molar-refractivity contribution in [2.75, 3.05) is 7.05 Å². The second-order valence-corrected chi connectivity index (χ2v) is 4.91. The summed E-state index contributed by atoms with van der Waals surface area (Å²) in [5.74, 6) is 0. The van der Waals surface area contributed by atoms with Gasteiger partial charge in [-0.05, 0) is 40.2 Å². The van der Waals surface area contributed by atoms with E-state index in [-0.39, 0.29) is 0 Å². The molecule has 0 unspecified atom stereocenters. The van der Waals surface area contributed by atoms with Crippen LogP contribution in [0.5, 0.6) is 0 Å². The van der Waals surface area contributed by atoms with Gasteiger partial charge in [0.05, 0.1) is 11.2 Å². The molecule has 0 amide bonds. The van der Waals surface area contributed by atoms with Crippen molar-refractivity contribution >= 4 is 13.7 Å². The molecule has 4 nitrogen and oxygen atoms in total. The summed E-state index contributed by atoms with van der Waals surface area (Å²) in [4.78, 5) is 0. The zero-order chi connectivity index (χ0) is 13.0. The number of aliphatic hydroxyl groups is 1. The molecule has 0 aliphatic carbocycles. The third-order valence-corrected chi connectivity index (χ3v) is 3.05. The topological polar surface area (TPSA) is 65.3 Å². The summed E-state index contributed by atoms with van der Waals surface area (Å²) in [6, 6.07) is 0. The second kappa shape index (κ2) is 5.50. The summed E-state index contributed by atoms with van der Waals surface area (Å²) in [6.45, 7) is 8.98. The zero-order valence-electron chi connectivity index (χ0n) is 11.1. The highest BCUT2D eigenvalue weighted by Gasteiger charge is 2.35. The molecular weight excluding hydrogens is 203 g/mol. The van der Waals surface area contributed by atoms with E-state index in [0.717, 1.165) is 11.2 Å². The summed E-state index contributed by atoms with van der Waals surface area (Å²) in [5.41, 5.74) is 0.128. The Morgan fingerprint density at radius 3 is 2.19 bits per heavy atom. The molecule has 92 valence electrons. The van der Waals surface area contributed by atoms with E-state index < -0.39 is 11.2 Å². The molecule has 0 heterocycles. The minimum Gasteiger partial charge on any atom is -0.425 e. The van der Waals surface area contributed by atoms with Gasteiger partial charge in [-0.1, -0.05) is 0 Å². The summed E-state index contributed by atoms with van der Waals surface area (Å²) in [7, 11) is 2.15. The van der Waals surface area contributed by atoms with Crippen molar-refractivity contribution in [1.82, 2.24) is 5.32 Å². The van der Waals surface area contributed by atoms with Crippen molar-refractivity contribution < 1.29 is 9.76 Å². The molecule has 0 aliphatic heterocycles. The summed E-state index contributed by atoms with van der Waals surface area (Å²) < 4.78 is 5.70. The lowest BCUT2D eigenvalue weighted by Crippen LogP contribution is -2.48. The van der Waals surface area contributed by atoms with Gasteiger partial charge in [-0.25, -0.2) is 0 Å². The highest BCUT2D eigenvalue weighted by atomic mass is 16.5. The fraction of sp³-hybridized carbons (Fsp3) is 0.727. The molecule has 0 aromatic rings. The van der Waals surface area contributed by atoms with E-state index in [0.29, 0.717) is 7.48 Å². The lowest BCUT2D eigenvalue weighted by atomic mass is 9.84. The van der Waals surface area contributed by atoms with E-state index >= 15 is 0 Å². The van der Waals surface area contributed by atoms with Gasteiger partial charge in [0.25, 0.3) is 0 Å². The molecule has 0 aliphatic rings. The Labute approximate surface area is 98.9 Å². The SMILES string of the molecule is CN/C(BOC(C)(C)C(C)(C)O)=C(/C)C=N. The van der Waals surface area contributed by atoms with E-state index in [1.54, 1.807) is 20.9 Å². The average Bonchev–Trinajstić information content (AvgIpc) is 2.16. The predicted molar refractivity (Wildman–Crippen MR) is 69.2 cm³/mol. The van der Waals surface area contributed by atoms with Gasteiger partial charge in [-0.15, -0.1) is 0 Å². The molecule has 0 rings (SSSR count). The van der Waals surface area contributed by atoms with Crippen LogP contribution in [0.2, 0.25) is 0 Å². The molecule has 0 radical (unpaired) electrons. The fourth-order valence-corrected chi connectivity index (χ4v) is 0.899. The van der Waals surface area contributed by atoms with Crippen LogP contribution >= 0.6 is 0 Å². The highest BCUT2D eigenvalue weighted by Crippen LogP contribution is 2.24. The number of hydrogen-bond acceptors (Lipinski definition) is 4. The van der Waals surface area contributed by atoms with E-state index in [1.165, 1.54) is 6.21 Å². The Bertz CT molecular complexity index is 280. The molecule has 0 saturated heterocycles. The van der Waals surface area contributed by atoms with Gasteiger partial charge in [0.15, 0.2) is 0 Å². The van der Waals surface area contributed by atoms with Crippen molar-refractivity contribution in [1.29, 1.82) is 5.41 Å². The zero-order valence-corrected chi connectivity index (χ0v) is 11.1. The van der Waals surface area contributed by atoms with Crippen molar-refractivity contribution in [3.8, 4) is 0 Å². The number of hydrogen-bond donors (Lipinski definition) is 3. The van der Waals surface area contributed by atoms with E-state index in [2.05, 4.69) is 5.32 Å². The molecule has 0 fully saturated rings. The van der Waals surface area contributed by atoms with Gasteiger partial charge in [0.2, 0.25) is 0 Å². The number of rotatable bonds is 6. The van der Waals surface area contributed by atoms with Gasteiger partial charge in [0.1, 0.15) is 0 Å². The van der Waals surface area contributed by atoms with Crippen LogP contribution in [0, 0.1) is 5.41 Å². The first-order valence-electron chi connectivity index (χ1n) is 5.40. The molecule has 5 heteroatoms. The summed E-state index contributed by atoms with van der Waals surface area (Å²) in [5, 5.41) is 20.1. The second-order valence-electron chi connectivity index (χ2n) is 4.91. The third-order valence-electron chi connectivity index (χ3n) is 3.05. The average molecular weight is 226 g/mol. The summed E-state index contributed by atoms with van der Waals surface area (Å²) >= 11 is 0. The van der Waals surface area contributed by atoms with Crippen LogP contribution in [-0.4, -0.2) is 37.1 Å². The normalized spacial score (nSPS) is 14.2. The Hall–Kier alpha value is -0.805. The molecule has 0 saturated carbocycles. The summed E-state index contributed by atoms with van der Waals surface area (Å²) in [6.07, 6.45) is 1.28. The highest BCUT2D eigenvalue weighted by molar-refractivity contribution is 6.39. The van der Waals surface area contributed by atoms with Crippen LogP contribution in [0.25, 0.3) is 0 Å². The van der Waals surface area contributed by atoms with Crippen LogP contribution in [0.15, 0.2) is 11.2 Å². The van der Waals surface area contributed by atoms with Crippen LogP contribution in [0.3, 0.4) is 0 Å². The Balaban J connectivity index is 4.62. The molecule has 0 aromatic carbocycles. The van der Waals surface area contributed by atoms with Crippen molar-refractivity contribution in [3.05, 3.63) is 11.2 Å². The van der Waals surface area contributed by atoms with Crippen molar-refractivity contribution in [2.24, 2.45) is 0 Å². The van der Waals surface area contributed by atoms with Crippen LogP contribution in [0.1, 0.15) is 34.6 Å². The Kier molecular flexibility index (Phi) is 5.22. The first kappa shape index (κ1) is 15.2. The van der Waals surface area contributed by atoms with Crippen LogP contribution < -0.4 is 5.32 Å². The minimum atomic E-state index is -0.912. The van der Waals surface area contributed by atoms with Crippen LogP contribution in [-0.2, 0) is 4.65 Å². The van der Waals surface area contributed by atoms with Gasteiger partial charge in [0, 0.05) is 18.9 Å². The standard InChI is InChI=1S/C11H23BN2O2/c1-8(7-13)9(14-6)12-16-11(4,5)10(2,3)15/h7,12-15H,1-6H3/b9-8-,13-7?. The maximum absolute atomic E-state index is 9.92. The smallest absolute Gasteiger partial charge is 0.325 e. The van der Waals surface area contributed by atoms with E-state index in [4.69, 9.17) is 10.1 Å². The molecule has 0 aromatic heterocycles. The van der Waals surface area contributed by atoms with Gasteiger partial charge >= 0.3 is 7.48 Å². The maximum atomic E-state index is 9.92. The van der Waals surface area contributed by atoms with Gasteiger partial charge in [-0.2, -0.15) is 0 Å². The molecule has 0 spiro atoms. The van der Waals surface area contributed by atoms with E-state index in [9.17, 15) is 5.11 Å². The molecule has 3 N–H and O–H groups in total. The maximum Gasteiger partial charge on any atom is 0.325 e. The quantitative estimate of drug-likeness (QED) is 0.467. The van der Waals surface area contributed by atoms with Gasteiger partial charge in [-0.3, -0.25) is 0 Å². The number of allylic oxidation sites excluding steroid dienone is 1.